The van der Waals surface area contributed by atoms with E-state index in [9.17, 15) is 9.59 Å². The van der Waals surface area contributed by atoms with E-state index in [1.165, 1.54) is 11.8 Å². The number of carbonyl (C=O) groups excluding carboxylic acids is 1. The highest BCUT2D eigenvalue weighted by Gasteiger charge is 2.35. The SMILES string of the molecule is CC[C@@H](C)N1C(=O)/C(=C/c2c(N3CCC(C)CC3)nc3c(C)cccn3c2=O)SC1=S. The van der Waals surface area contributed by atoms with Gasteiger partial charge in [0.15, 0.2) is 0 Å². The van der Waals surface area contributed by atoms with Gasteiger partial charge in [-0.15, -0.1) is 0 Å². The quantitative estimate of drug-likeness (QED) is 0.507. The number of piperidine rings is 1. The van der Waals surface area contributed by atoms with E-state index in [1.54, 1.807) is 21.6 Å². The fraction of sp³-hybridized carbons (Fsp3) is 0.478. The summed E-state index contributed by atoms with van der Waals surface area (Å²) in [6, 6.07) is 3.83. The number of aryl methyl sites for hydroxylation is 1. The summed E-state index contributed by atoms with van der Waals surface area (Å²) >= 11 is 6.74. The number of hydrogen-bond acceptors (Lipinski definition) is 6. The smallest absolute Gasteiger partial charge is 0.267 e. The maximum Gasteiger partial charge on any atom is 0.267 e. The van der Waals surface area contributed by atoms with E-state index in [4.69, 9.17) is 17.2 Å². The number of thiocarbonyl (C=S) groups is 1. The minimum absolute atomic E-state index is 0.0277. The van der Waals surface area contributed by atoms with Gasteiger partial charge < -0.3 is 4.90 Å². The summed E-state index contributed by atoms with van der Waals surface area (Å²) in [6.07, 6.45) is 6.38. The number of pyridine rings is 1. The number of thioether (sulfide) groups is 1. The molecule has 31 heavy (non-hydrogen) atoms. The maximum atomic E-state index is 13.5. The number of anilines is 1. The van der Waals surface area contributed by atoms with E-state index >= 15 is 0 Å². The molecule has 0 spiro atoms. The molecule has 2 aliphatic heterocycles. The number of nitrogens with zero attached hydrogens (tertiary/aromatic N) is 4. The average molecular weight is 457 g/mol. The van der Waals surface area contributed by atoms with E-state index < -0.39 is 0 Å². The molecule has 0 aliphatic carbocycles. The zero-order valence-electron chi connectivity index (χ0n) is 18.4. The van der Waals surface area contributed by atoms with Gasteiger partial charge in [-0.1, -0.05) is 43.9 Å². The third-order valence-electron chi connectivity index (χ3n) is 6.28. The number of aromatic nitrogens is 2. The van der Waals surface area contributed by atoms with Crippen LogP contribution < -0.4 is 10.5 Å². The predicted octanol–water partition coefficient (Wildman–Crippen LogP) is 4.24. The summed E-state index contributed by atoms with van der Waals surface area (Å²) in [5, 5.41) is 0. The molecule has 2 fully saturated rings. The number of amides is 1. The molecule has 6 nitrogen and oxygen atoms in total. The van der Waals surface area contributed by atoms with E-state index in [-0.39, 0.29) is 17.5 Å². The van der Waals surface area contributed by atoms with Crippen LogP contribution in [0.1, 0.15) is 51.2 Å². The van der Waals surface area contributed by atoms with Crippen LogP contribution in [0.25, 0.3) is 11.7 Å². The van der Waals surface area contributed by atoms with Crippen molar-refractivity contribution in [1.29, 1.82) is 0 Å². The van der Waals surface area contributed by atoms with Crippen molar-refractivity contribution < 1.29 is 4.79 Å². The van der Waals surface area contributed by atoms with Crippen molar-refractivity contribution in [3.05, 3.63) is 44.7 Å². The molecule has 4 heterocycles. The predicted molar refractivity (Wildman–Crippen MR) is 132 cm³/mol. The Balaban J connectivity index is 1.87. The van der Waals surface area contributed by atoms with Crippen LogP contribution in [0.4, 0.5) is 5.82 Å². The molecule has 0 N–H and O–H groups in total. The molecule has 1 atom stereocenters. The van der Waals surface area contributed by atoms with Crippen LogP contribution in [0.3, 0.4) is 0 Å². The first kappa shape index (κ1) is 22.0. The Hall–Kier alpha value is -2.19. The third-order valence-corrected chi connectivity index (χ3v) is 7.61. The summed E-state index contributed by atoms with van der Waals surface area (Å²) in [4.78, 5) is 35.9. The molecule has 2 aliphatic rings. The van der Waals surface area contributed by atoms with Gasteiger partial charge in [0, 0.05) is 25.3 Å². The van der Waals surface area contributed by atoms with Crippen LogP contribution in [-0.4, -0.2) is 43.6 Å². The van der Waals surface area contributed by atoms with Gasteiger partial charge in [0.2, 0.25) is 0 Å². The summed E-state index contributed by atoms with van der Waals surface area (Å²) in [5.41, 5.74) is 1.91. The van der Waals surface area contributed by atoms with Crippen molar-refractivity contribution in [3.63, 3.8) is 0 Å². The number of rotatable bonds is 4. The maximum absolute atomic E-state index is 13.5. The van der Waals surface area contributed by atoms with Gasteiger partial charge >= 0.3 is 0 Å². The molecular formula is C23H28N4O2S2. The average Bonchev–Trinajstić information content (AvgIpc) is 3.03. The fourth-order valence-electron chi connectivity index (χ4n) is 4.06. The van der Waals surface area contributed by atoms with Gasteiger partial charge in [-0.25, -0.2) is 4.98 Å². The van der Waals surface area contributed by atoms with Crippen LogP contribution in [0.5, 0.6) is 0 Å². The highest BCUT2D eigenvalue weighted by Crippen LogP contribution is 2.35. The van der Waals surface area contributed by atoms with E-state index in [1.807, 2.05) is 32.9 Å². The minimum atomic E-state index is -0.156. The zero-order chi connectivity index (χ0) is 22.3. The van der Waals surface area contributed by atoms with Crippen molar-refractivity contribution in [2.45, 2.75) is 53.0 Å². The second kappa shape index (κ2) is 8.74. The minimum Gasteiger partial charge on any atom is -0.356 e. The number of hydrogen-bond donors (Lipinski definition) is 0. The summed E-state index contributed by atoms with van der Waals surface area (Å²) in [7, 11) is 0. The van der Waals surface area contributed by atoms with Gasteiger partial charge in [0.05, 0.1) is 10.5 Å². The van der Waals surface area contributed by atoms with E-state index in [2.05, 4.69) is 11.8 Å². The second-order valence-corrected chi connectivity index (χ2v) is 10.2. The lowest BCUT2D eigenvalue weighted by molar-refractivity contribution is -0.123. The standard InChI is InChI=1S/C23H28N4O2S2/c1-5-16(4)27-22(29)18(31-23(27)30)13-17-20(25-11-8-14(2)9-12-25)24-19-15(3)7-6-10-26(19)21(17)28/h6-7,10,13-14,16H,5,8-9,11-12H2,1-4H3/b18-13-/t16-/m1/s1. The molecular weight excluding hydrogens is 428 g/mol. The van der Waals surface area contributed by atoms with Crippen LogP contribution in [0.15, 0.2) is 28.0 Å². The Kier molecular flexibility index (Phi) is 6.21. The lowest BCUT2D eigenvalue weighted by Gasteiger charge is -2.32. The molecule has 2 aromatic rings. The van der Waals surface area contributed by atoms with Gasteiger partial charge in [0.1, 0.15) is 15.8 Å². The van der Waals surface area contributed by atoms with Crippen LogP contribution >= 0.6 is 24.0 Å². The molecule has 0 saturated carbocycles. The Bertz CT molecular complexity index is 1130. The first-order valence-electron chi connectivity index (χ1n) is 10.9. The van der Waals surface area contributed by atoms with Crippen molar-refractivity contribution >= 4 is 51.7 Å². The van der Waals surface area contributed by atoms with Gasteiger partial charge in [0.25, 0.3) is 11.5 Å². The fourth-order valence-corrected chi connectivity index (χ4v) is 5.51. The number of fused-ring (bicyclic) bond motifs is 1. The third kappa shape index (κ3) is 4.03. The van der Waals surface area contributed by atoms with Crippen molar-refractivity contribution in [2.75, 3.05) is 18.0 Å². The molecule has 0 aromatic carbocycles. The normalized spacial score (nSPS) is 20.3. The first-order chi connectivity index (χ1) is 14.8. The summed E-state index contributed by atoms with van der Waals surface area (Å²) in [6.45, 7) is 9.94. The Labute approximate surface area is 192 Å². The topological polar surface area (TPSA) is 57.9 Å². The molecule has 4 rings (SSSR count). The molecule has 0 bridgehead atoms. The van der Waals surface area contributed by atoms with Crippen molar-refractivity contribution in [3.8, 4) is 0 Å². The summed E-state index contributed by atoms with van der Waals surface area (Å²) < 4.78 is 2.12. The number of carbonyl (C=O) groups is 1. The van der Waals surface area contributed by atoms with Crippen LogP contribution in [0.2, 0.25) is 0 Å². The molecule has 8 heteroatoms. The zero-order valence-corrected chi connectivity index (χ0v) is 20.1. The first-order valence-corrected chi connectivity index (χ1v) is 12.1. The van der Waals surface area contributed by atoms with E-state index in [0.29, 0.717) is 32.2 Å². The van der Waals surface area contributed by atoms with Gasteiger partial charge in [-0.05, 0) is 56.7 Å². The van der Waals surface area contributed by atoms with Crippen LogP contribution in [0, 0.1) is 12.8 Å². The van der Waals surface area contributed by atoms with Crippen molar-refractivity contribution in [2.24, 2.45) is 5.92 Å². The van der Waals surface area contributed by atoms with Crippen molar-refractivity contribution in [1.82, 2.24) is 14.3 Å². The van der Waals surface area contributed by atoms with Crippen LogP contribution in [-0.2, 0) is 4.79 Å². The Morgan fingerprint density at radius 2 is 2.03 bits per heavy atom. The Morgan fingerprint density at radius 3 is 2.71 bits per heavy atom. The Morgan fingerprint density at radius 1 is 1.32 bits per heavy atom. The largest absolute Gasteiger partial charge is 0.356 e. The lowest BCUT2D eigenvalue weighted by atomic mass is 9.99. The monoisotopic (exact) mass is 456 g/mol. The second-order valence-electron chi connectivity index (χ2n) is 8.52. The lowest BCUT2D eigenvalue weighted by Crippen LogP contribution is -2.36. The highest BCUT2D eigenvalue weighted by molar-refractivity contribution is 8.26. The van der Waals surface area contributed by atoms with Gasteiger partial charge in [-0.3, -0.25) is 18.9 Å². The molecule has 1 amide bonds. The van der Waals surface area contributed by atoms with E-state index in [0.717, 1.165) is 37.9 Å². The molecule has 2 aromatic heterocycles. The molecule has 0 unspecified atom stereocenters. The van der Waals surface area contributed by atoms with Gasteiger partial charge in [-0.2, -0.15) is 0 Å². The molecule has 0 radical (unpaired) electrons. The highest BCUT2D eigenvalue weighted by atomic mass is 32.2. The summed E-state index contributed by atoms with van der Waals surface area (Å²) in [5.74, 6) is 1.20. The molecule has 164 valence electrons. The molecule has 2 saturated heterocycles.